The van der Waals surface area contributed by atoms with E-state index in [4.69, 9.17) is 22.3 Å². The molecule has 1 rings (SSSR count). The maximum atomic E-state index is 13.0. The summed E-state index contributed by atoms with van der Waals surface area (Å²) in [6.07, 6.45) is 0. The van der Waals surface area contributed by atoms with Crippen molar-refractivity contribution in [1.29, 1.82) is 0 Å². The van der Waals surface area contributed by atoms with Gasteiger partial charge in [0.2, 0.25) is 0 Å². The third-order valence-corrected chi connectivity index (χ3v) is 3.17. The van der Waals surface area contributed by atoms with E-state index in [0.29, 0.717) is 0 Å². The summed E-state index contributed by atoms with van der Waals surface area (Å²) in [5.74, 6) is -0.976. The number of hydrogen-bond donors (Lipinski definition) is 0. The van der Waals surface area contributed by atoms with Gasteiger partial charge in [0.1, 0.15) is 16.6 Å². The van der Waals surface area contributed by atoms with Crippen LogP contribution in [0.1, 0.15) is 0 Å². The normalized spacial score (nSPS) is 11.4. The Morgan fingerprint density at radius 3 is 2.43 bits per heavy atom. The Morgan fingerprint density at radius 1 is 1.43 bits per heavy atom. The number of ether oxygens (including phenoxy) is 1. The zero-order chi connectivity index (χ0) is 10.9. The van der Waals surface area contributed by atoms with Crippen molar-refractivity contribution < 1.29 is 17.5 Å². The smallest absolute Gasteiger partial charge is 0.261 e. The van der Waals surface area contributed by atoms with Crippen LogP contribution in [0.3, 0.4) is 0 Å². The molecule has 14 heavy (non-hydrogen) atoms. The second-order valence-electron chi connectivity index (χ2n) is 2.36. The zero-order valence-corrected chi connectivity index (χ0v) is 9.25. The van der Waals surface area contributed by atoms with Crippen molar-refractivity contribution in [3.8, 4) is 5.75 Å². The summed E-state index contributed by atoms with van der Waals surface area (Å²) in [5.41, 5.74) is 0. The average molecular weight is 259 g/mol. The highest BCUT2D eigenvalue weighted by Crippen LogP contribution is 2.31. The summed E-state index contributed by atoms with van der Waals surface area (Å²) in [7, 11) is 2.28. The van der Waals surface area contributed by atoms with E-state index in [9.17, 15) is 12.8 Å². The van der Waals surface area contributed by atoms with Crippen LogP contribution in [-0.4, -0.2) is 15.5 Å². The second kappa shape index (κ2) is 3.92. The minimum atomic E-state index is -3.98. The third kappa shape index (κ3) is 2.29. The molecule has 3 nitrogen and oxygen atoms in total. The topological polar surface area (TPSA) is 43.4 Å². The maximum Gasteiger partial charge on any atom is 0.261 e. The minimum Gasteiger partial charge on any atom is -0.495 e. The summed E-state index contributed by atoms with van der Waals surface area (Å²) in [4.78, 5) is -0.391. The molecule has 1 aromatic carbocycles. The molecule has 0 unspecified atom stereocenters. The Balaban J connectivity index is 3.46. The van der Waals surface area contributed by atoms with E-state index in [1.807, 2.05) is 0 Å². The van der Waals surface area contributed by atoms with E-state index in [-0.39, 0.29) is 10.8 Å². The van der Waals surface area contributed by atoms with Gasteiger partial charge >= 0.3 is 0 Å². The molecule has 0 spiro atoms. The van der Waals surface area contributed by atoms with E-state index in [1.54, 1.807) is 0 Å². The molecular formula is C7H5Cl2FO3S. The van der Waals surface area contributed by atoms with Crippen molar-refractivity contribution in [2.24, 2.45) is 0 Å². The van der Waals surface area contributed by atoms with Crippen LogP contribution < -0.4 is 4.74 Å². The molecule has 0 N–H and O–H groups in total. The van der Waals surface area contributed by atoms with Gasteiger partial charge in [0.15, 0.2) is 0 Å². The number of methoxy groups -OCH3 is 1. The van der Waals surface area contributed by atoms with Crippen LogP contribution in [0.2, 0.25) is 5.02 Å². The van der Waals surface area contributed by atoms with Crippen LogP contribution in [0.4, 0.5) is 4.39 Å². The van der Waals surface area contributed by atoms with Crippen LogP contribution in [0.15, 0.2) is 17.0 Å². The molecule has 0 radical (unpaired) electrons. The van der Waals surface area contributed by atoms with Crippen LogP contribution >= 0.6 is 22.3 Å². The highest BCUT2D eigenvalue weighted by molar-refractivity contribution is 8.13. The molecule has 0 aliphatic rings. The van der Waals surface area contributed by atoms with E-state index in [2.05, 4.69) is 4.74 Å². The van der Waals surface area contributed by atoms with Gasteiger partial charge in [-0.15, -0.1) is 0 Å². The quantitative estimate of drug-likeness (QED) is 0.766. The Hall–Kier alpha value is -0.520. The van der Waals surface area contributed by atoms with E-state index in [0.717, 1.165) is 12.1 Å². The van der Waals surface area contributed by atoms with Crippen molar-refractivity contribution >= 4 is 31.3 Å². The molecule has 0 saturated carbocycles. The van der Waals surface area contributed by atoms with Gasteiger partial charge in [-0.3, -0.25) is 0 Å². The van der Waals surface area contributed by atoms with Crippen LogP contribution in [-0.2, 0) is 9.05 Å². The van der Waals surface area contributed by atoms with Crippen LogP contribution in [0.25, 0.3) is 0 Å². The van der Waals surface area contributed by atoms with Gasteiger partial charge in [-0.25, -0.2) is 12.8 Å². The molecule has 0 aliphatic carbocycles. The van der Waals surface area contributed by atoms with Crippen molar-refractivity contribution in [2.45, 2.75) is 4.90 Å². The SMILES string of the molecule is COc1cc(S(=O)(=O)Cl)cc(F)c1Cl. The van der Waals surface area contributed by atoms with Gasteiger partial charge in [0.05, 0.1) is 12.0 Å². The number of rotatable bonds is 2. The first-order valence-electron chi connectivity index (χ1n) is 3.34. The van der Waals surface area contributed by atoms with E-state index in [1.165, 1.54) is 7.11 Å². The summed E-state index contributed by atoms with van der Waals surface area (Å²) in [5, 5.41) is -0.281. The Morgan fingerprint density at radius 2 is 2.00 bits per heavy atom. The lowest BCUT2D eigenvalue weighted by atomic mass is 10.3. The van der Waals surface area contributed by atoms with Gasteiger partial charge in [-0.05, 0) is 6.07 Å². The van der Waals surface area contributed by atoms with Gasteiger partial charge in [0.25, 0.3) is 9.05 Å². The highest BCUT2D eigenvalue weighted by Gasteiger charge is 2.16. The summed E-state index contributed by atoms with van der Waals surface area (Å²) in [6.45, 7) is 0. The fourth-order valence-corrected chi connectivity index (χ4v) is 1.78. The fraction of sp³-hybridized carbons (Fsp3) is 0.143. The molecule has 0 bridgehead atoms. The van der Waals surface area contributed by atoms with Gasteiger partial charge < -0.3 is 4.74 Å². The van der Waals surface area contributed by atoms with E-state index >= 15 is 0 Å². The monoisotopic (exact) mass is 258 g/mol. The van der Waals surface area contributed by atoms with Gasteiger partial charge in [0, 0.05) is 16.7 Å². The largest absolute Gasteiger partial charge is 0.495 e. The van der Waals surface area contributed by atoms with Gasteiger partial charge in [-0.1, -0.05) is 11.6 Å². The summed E-state index contributed by atoms with van der Waals surface area (Å²) in [6, 6.07) is 1.78. The maximum absolute atomic E-state index is 13.0. The van der Waals surface area contributed by atoms with Crippen molar-refractivity contribution in [1.82, 2.24) is 0 Å². The van der Waals surface area contributed by atoms with Crippen molar-refractivity contribution in [3.63, 3.8) is 0 Å². The third-order valence-electron chi connectivity index (χ3n) is 1.47. The first-order valence-corrected chi connectivity index (χ1v) is 6.02. The standard InChI is InChI=1S/C7H5Cl2FO3S/c1-13-6-3-4(14(9,11)12)2-5(10)7(6)8/h2-3H,1H3. The fourth-order valence-electron chi connectivity index (χ4n) is 0.829. The summed E-state index contributed by atoms with van der Waals surface area (Å²) < 4.78 is 39.4. The number of benzene rings is 1. The van der Waals surface area contributed by atoms with Gasteiger partial charge in [-0.2, -0.15) is 0 Å². The predicted octanol–water partition coefficient (Wildman–Crippen LogP) is 2.42. The Labute approximate surface area is 89.8 Å². The minimum absolute atomic E-state index is 0.0779. The van der Waals surface area contributed by atoms with Crippen molar-refractivity contribution in [3.05, 3.63) is 23.0 Å². The second-order valence-corrected chi connectivity index (χ2v) is 5.30. The molecule has 0 aliphatic heterocycles. The molecule has 0 atom stereocenters. The molecule has 0 saturated heterocycles. The molecule has 7 heteroatoms. The molecule has 1 aromatic rings. The molecular weight excluding hydrogens is 254 g/mol. The molecule has 0 heterocycles. The number of hydrogen-bond acceptors (Lipinski definition) is 3. The highest BCUT2D eigenvalue weighted by atomic mass is 35.7. The lowest BCUT2D eigenvalue weighted by Gasteiger charge is -2.05. The average Bonchev–Trinajstić information content (AvgIpc) is 2.07. The Bertz CT molecular complexity index is 458. The Kier molecular flexibility index (Phi) is 3.24. The summed E-state index contributed by atoms with van der Waals surface area (Å²) >= 11 is 5.48. The van der Waals surface area contributed by atoms with Crippen molar-refractivity contribution in [2.75, 3.05) is 7.11 Å². The molecule has 0 aromatic heterocycles. The molecule has 0 fully saturated rings. The number of halogens is 3. The first kappa shape index (κ1) is 11.6. The molecule has 78 valence electrons. The van der Waals surface area contributed by atoms with Crippen LogP contribution in [0.5, 0.6) is 5.75 Å². The van der Waals surface area contributed by atoms with E-state index < -0.39 is 19.8 Å². The zero-order valence-electron chi connectivity index (χ0n) is 6.92. The lowest BCUT2D eigenvalue weighted by molar-refractivity contribution is 0.410. The lowest BCUT2D eigenvalue weighted by Crippen LogP contribution is -1.95. The van der Waals surface area contributed by atoms with Crippen LogP contribution in [0, 0.1) is 5.82 Å². The molecule has 0 amide bonds. The predicted molar refractivity (Wildman–Crippen MR) is 51.0 cm³/mol. The first-order chi connectivity index (χ1) is 6.36.